The summed E-state index contributed by atoms with van der Waals surface area (Å²) in [6, 6.07) is 22.2. The molecule has 4 nitrogen and oxygen atoms in total. The van der Waals surface area contributed by atoms with Crippen LogP contribution in [0.5, 0.6) is 17.2 Å². The van der Waals surface area contributed by atoms with Crippen molar-refractivity contribution >= 4 is 5.78 Å². The van der Waals surface area contributed by atoms with Gasteiger partial charge in [-0.05, 0) is 22.8 Å². The number of hydrogen-bond acceptors (Lipinski definition) is 4. The molecule has 0 bridgehead atoms. The van der Waals surface area contributed by atoms with Gasteiger partial charge in [0.25, 0.3) is 0 Å². The first-order chi connectivity index (χ1) is 13.7. The van der Waals surface area contributed by atoms with Crippen molar-refractivity contribution in [2.24, 2.45) is 0 Å². The molecule has 4 heteroatoms. The minimum absolute atomic E-state index is 0.0282. The van der Waals surface area contributed by atoms with E-state index in [2.05, 4.69) is 24.3 Å². The first-order valence-electron chi connectivity index (χ1n) is 9.15. The van der Waals surface area contributed by atoms with Gasteiger partial charge in [0.15, 0.2) is 17.3 Å². The van der Waals surface area contributed by atoms with E-state index in [0.29, 0.717) is 29.2 Å². The van der Waals surface area contributed by atoms with Crippen LogP contribution in [0.4, 0.5) is 0 Å². The molecule has 0 aromatic heterocycles. The smallest absolute Gasteiger partial charge is 0.204 e. The van der Waals surface area contributed by atoms with Crippen molar-refractivity contribution in [2.45, 2.75) is 11.8 Å². The van der Waals surface area contributed by atoms with E-state index in [1.165, 1.54) is 0 Å². The molecule has 0 unspecified atom stereocenters. The summed E-state index contributed by atoms with van der Waals surface area (Å²) < 4.78 is 16.7. The highest BCUT2D eigenvalue weighted by Crippen LogP contribution is 2.55. The fraction of sp³-hybridized carbons (Fsp3) is 0.208. The maximum Gasteiger partial charge on any atom is 0.204 e. The van der Waals surface area contributed by atoms with Gasteiger partial charge in [0, 0.05) is 6.42 Å². The fourth-order valence-corrected chi connectivity index (χ4v) is 4.32. The summed E-state index contributed by atoms with van der Waals surface area (Å²) in [5, 5.41) is 0. The number of carbonyl (C=O) groups excluding carboxylic acids is 1. The van der Waals surface area contributed by atoms with Gasteiger partial charge >= 0.3 is 0 Å². The minimum atomic E-state index is -0.609. The number of fused-ring (bicyclic) bond motifs is 1. The SMILES string of the molecule is COc1cc2c(c(OC)c1OC)C(=O)CC2(c1ccccc1)c1ccccc1. The minimum Gasteiger partial charge on any atom is -0.493 e. The average molecular weight is 374 g/mol. The van der Waals surface area contributed by atoms with Crippen LogP contribution in [0.15, 0.2) is 66.7 Å². The van der Waals surface area contributed by atoms with Gasteiger partial charge in [-0.25, -0.2) is 0 Å². The second-order valence-electron chi connectivity index (χ2n) is 6.81. The topological polar surface area (TPSA) is 44.8 Å². The maximum absolute atomic E-state index is 13.3. The van der Waals surface area contributed by atoms with Crippen molar-refractivity contribution in [1.82, 2.24) is 0 Å². The Morgan fingerprint density at radius 1 is 0.750 bits per heavy atom. The Hall–Kier alpha value is -3.27. The van der Waals surface area contributed by atoms with Gasteiger partial charge in [0.2, 0.25) is 5.75 Å². The zero-order valence-electron chi connectivity index (χ0n) is 16.2. The molecular formula is C24H22O4. The summed E-state index contributed by atoms with van der Waals surface area (Å²) in [6.45, 7) is 0. The lowest BCUT2D eigenvalue weighted by Gasteiger charge is -2.32. The van der Waals surface area contributed by atoms with Crippen LogP contribution >= 0.6 is 0 Å². The number of ketones is 1. The molecule has 0 radical (unpaired) electrons. The van der Waals surface area contributed by atoms with Crippen molar-refractivity contribution in [3.63, 3.8) is 0 Å². The Morgan fingerprint density at radius 2 is 1.29 bits per heavy atom. The maximum atomic E-state index is 13.3. The number of Topliss-reactive ketones (excluding diaryl/α,β-unsaturated/α-hetero) is 1. The Labute approximate surface area is 164 Å². The summed E-state index contributed by atoms with van der Waals surface area (Å²) in [5.41, 5.74) is 2.95. The van der Waals surface area contributed by atoms with E-state index >= 15 is 0 Å². The third kappa shape index (κ3) is 2.48. The third-order valence-electron chi connectivity index (χ3n) is 5.53. The van der Waals surface area contributed by atoms with E-state index in [-0.39, 0.29) is 5.78 Å². The zero-order chi connectivity index (χ0) is 19.7. The monoisotopic (exact) mass is 374 g/mol. The molecule has 142 valence electrons. The summed E-state index contributed by atoms with van der Waals surface area (Å²) >= 11 is 0. The van der Waals surface area contributed by atoms with Crippen LogP contribution in [-0.4, -0.2) is 27.1 Å². The van der Waals surface area contributed by atoms with Crippen LogP contribution in [0.2, 0.25) is 0 Å². The fourth-order valence-electron chi connectivity index (χ4n) is 4.32. The van der Waals surface area contributed by atoms with Crippen LogP contribution in [0, 0.1) is 0 Å². The first-order valence-corrected chi connectivity index (χ1v) is 9.15. The van der Waals surface area contributed by atoms with Crippen LogP contribution in [0.25, 0.3) is 0 Å². The van der Waals surface area contributed by atoms with E-state index in [1.54, 1.807) is 21.3 Å². The van der Waals surface area contributed by atoms with Crippen molar-refractivity contribution in [3.8, 4) is 17.2 Å². The Kier molecular flexibility index (Phi) is 4.55. The Morgan fingerprint density at radius 3 is 1.75 bits per heavy atom. The number of benzene rings is 3. The van der Waals surface area contributed by atoms with Gasteiger partial charge in [0.05, 0.1) is 32.3 Å². The highest BCUT2D eigenvalue weighted by atomic mass is 16.5. The lowest BCUT2D eigenvalue weighted by molar-refractivity contribution is 0.0981. The molecule has 0 atom stereocenters. The van der Waals surface area contributed by atoms with E-state index in [4.69, 9.17) is 14.2 Å². The number of hydrogen-bond donors (Lipinski definition) is 0. The van der Waals surface area contributed by atoms with Crippen molar-refractivity contribution < 1.29 is 19.0 Å². The van der Waals surface area contributed by atoms with Gasteiger partial charge in [-0.15, -0.1) is 0 Å². The van der Waals surface area contributed by atoms with Crippen molar-refractivity contribution in [3.05, 3.63) is 89.0 Å². The number of methoxy groups -OCH3 is 3. The van der Waals surface area contributed by atoms with Crippen molar-refractivity contribution in [1.29, 1.82) is 0 Å². The molecule has 0 aliphatic heterocycles. The van der Waals surface area contributed by atoms with Crippen LogP contribution in [0.1, 0.15) is 33.5 Å². The third-order valence-corrected chi connectivity index (χ3v) is 5.53. The van der Waals surface area contributed by atoms with Crippen LogP contribution < -0.4 is 14.2 Å². The highest BCUT2D eigenvalue weighted by Gasteiger charge is 2.48. The molecule has 0 N–H and O–H groups in total. The normalized spacial score (nSPS) is 14.5. The van der Waals surface area contributed by atoms with Gasteiger partial charge in [-0.2, -0.15) is 0 Å². The molecule has 0 spiro atoms. The van der Waals surface area contributed by atoms with Gasteiger partial charge in [-0.1, -0.05) is 60.7 Å². The molecule has 0 amide bonds. The Balaban J connectivity index is 2.12. The van der Waals surface area contributed by atoms with E-state index in [0.717, 1.165) is 16.7 Å². The predicted molar refractivity (Wildman–Crippen MR) is 108 cm³/mol. The molecule has 0 fully saturated rings. The quantitative estimate of drug-likeness (QED) is 0.653. The number of rotatable bonds is 5. The Bertz CT molecular complexity index is 970. The van der Waals surface area contributed by atoms with Gasteiger partial charge < -0.3 is 14.2 Å². The molecular weight excluding hydrogens is 352 g/mol. The number of ether oxygens (including phenoxy) is 3. The molecule has 28 heavy (non-hydrogen) atoms. The molecule has 0 heterocycles. The highest BCUT2D eigenvalue weighted by molar-refractivity contribution is 6.07. The molecule has 3 aromatic rings. The van der Waals surface area contributed by atoms with E-state index in [9.17, 15) is 4.79 Å². The number of carbonyl (C=O) groups is 1. The second-order valence-corrected chi connectivity index (χ2v) is 6.81. The lowest BCUT2D eigenvalue weighted by atomic mass is 9.70. The average Bonchev–Trinajstić information content (AvgIpc) is 3.06. The predicted octanol–water partition coefficient (Wildman–Crippen LogP) is 4.63. The first kappa shape index (κ1) is 18.1. The van der Waals surface area contributed by atoms with Crippen molar-refractivity contribution in [2.75, 3.05) is 21.3 Å². The molecule has 1 aliphatic rings. The molecule has 0 saturated heterocycles. The summed E-state index contributed by atoms with van der Waals surface area (Å²) in [6.07, 6.45) is 0.322. The van der Waals surface area contributed by atoms with Gasteiger partial charge in [-0.3, -0.25) is 4.79 Å². The lowest BCUT2D eigenvalue weighted by Crippen LogP contribution is -2.27. The standard InChI is InChI=1S/C24H22O4/c1-26-20-14-18-21(23(28-3)22(20)27-2)19(25)15-24(18,16-10-6-4-7-11-16)17-12-8-5-9-13-17/h4-14H,15H2,1-3H3. The molecule has 1 aliphatic carbocycles. The van der Waals surface area contributed by atoms with Crippen LogP contribution in [0.3, 0.4) is 0 Å². The van der Waals surface area contributed by atoms with E-state index < -0.39 is 5.41 Å². The van der Waals surface area contributed by atoms with Crippen LogP contribution in [-0.2, 0) is 5.41 Å². The summed E-state index contributed by atoms with van der Waals surface area (Å²) in [7, 11) is 4.69. The second kappa shape index (κ2) is 7.04. The summed E-state index contributed by atoms with van der Waals surface area (Å²) in [4.78, 5) is 13.3. The molecule has 0 saturated carbocycles. The summed E-state index contributed by atoms with van der Waals surface area (Å²) in [5.74, 6) is 1.44. The molecule has 4 rings (SSSR count). The van der Waals surface area contributed by atoms with Gasteiger partial charge in [0.1, 0.15) is 0 Å². The zero-order valence-corrected chi connectivity index (χ0v) is 16.2. The molecule has 3 aromatic carbocycles. The largest absolute Gasteiger partial charge is 0.493 e. The van der Waals surface area contributed by atoms with E-state index in [1.807, 2.05) is 42.5 Å².